The Morgan fingerprint density at radius 1 is 0.921 bits per heavy atom. The van der Waals surface area contributed by atoms with Crippen LogP contribution in [0.1, 0.15) is 23.1 Å². The second kappa shape index (κ2) is 9.78. The Morgan fingerprint density at radius 3 is 2.11 bits per heavy atom. The Bertz CT molecular complexity index is 1420. The van der Waals surface area contributed by atoms with Gasteiger partial charge in [-0.25, -0.2) is 0 Å². The van der Waals surface area contributed by atoms with Crippen LogP contribution in [0, 0.1) is 0 Å². The van der Waals surface area contributed by atoms with Gasteiger partial charge in [0.1, 0.15) is 0 Å². The van der Waals surface area contributed by atoms with Crippen LogP contribution in [0.3, 0.4) is 0 Å². The molecule has 4 nitrogen and oxygen atoms in total. The van der Waals surface area contributed by atoms with Crippen LogP contribution in [-0.4, -0.2) is 29.9 Å². The van der Waals surface area contributed by atoms with Crippen LogP contribution >= 0.6 is 31.9 Å². The van der Waals surface area contributed by atoms with E-state index in [0.29, 0.717) is 19.7 Å². The van der Waals surface area contributed by atoms with Crippen molar-refractivity contribution in [2.45, 2.75) is 36.8 Å². The molecule has 0 saturated heterocycles. The van der Waals surface area contributed by atoms with Crippen molar-refractivity contribution in [1.29, 1.82) is 0 Å². The molecule has 0 aliphatic carbocycles. The summed E-state index contributed by atoms with van der Waals surface area (Å²) in [5, 5.41) is 5.95. The Morgan fingerprint density at radius 2 is 1.53 bits per heavy atom. The van der Waals surface area contributed by atoms with Gasteiger partial charge in [-0.3, -0.25) is 4.79 Å². The van der Waals surface area contributed by atoms with Crippen molar-refractivity contribution in [2.75, 3.05) is 0 Å². The SMILES string of the molecule is O=C(NCc1ccc(C2=NOC(c3cc(Br)cc(Br)c3)(C(F)(F)F)C2)c2ccccc12)C(F)(F)C(F)(F)F. The van der Waals surface area contributed by atoms with Crippen molar-refractivity contribution < 1.29 is 44.8 Å². The molecule has 0 fully saturated rings. The number of fused-ring (bicyclic) bond motifs is 1. The Kier molecular flexibility index (Phi) is 7.27. The maximum absolute atomic E-state index is 14.4. The van der Waals surface area contributed by atoms with Gasteiger partial charge in [-0.05, 0) is 34.5 Å². The largest absolute Gasteiger partial charge is 0.463 e. The average molecular weight is 674 g/mol. The number of hydrogen-bond acceptors (Lipinski definition) is 3. The van der Waals surface area contributed by atoms with Crippen molar-refractivity contribution in [3.05, 3.63) is 80.2 Å². The highest BCUT2D eigenvalue weighted by molar-refractivity contribution is 9.11. The number of rotatable bonds is 5. The quantitative estimate of drug-likeness (QED) is 0.282. The molecule has 1 unspecified atom stereocenters. The first-order chi connectivity index (χ1) is 17.6. The normalized spacial score (nSPS) is 18.3. The molecule has 1 heterocycles. The van der Waals surface area contributed by atoms with Gasteiger partial charge in [0.2, 0.25) is 0 Å². The Labute approximate surface area is 226 Å². The van der Waals surface area contributed by atoms with E-state index < -0.39 is 42.7 Å². The first-order valence-electron chi connectivity index (χ1n) is 10.6. The first-order valence-corrected chi connectivity index (χ1v) is 12.2. The molecular formula is C24H14Br2F8N2O2. The fourth-order valence-corrected chi connectivity index (χ4v) is 5.31. The smallest absolute Gasteiger partial charge is 0.374 e. The monoisotopic (exact) mass is 672 g/mol. The van der Waals surface area contributed by atoms with E-state index in [1.807, 2.05) is 0 Å². The summed E-state index contributed by atoms with van der Waals surface area (Å²) in [5.74, 6) is -8.12. The summed E-state index contributed by atoms with van der Waals surface area (Å²) in [6, 6.07) is 12.8. The standard InChI is InChI=1S/C24H14Br2F8N2O2/c25-14-7-13(8-15(26)9-14)21(23(29,30)31)10-19(36-38-21)18-6-5-12(16-3-1-2-4-17(16)18)11-35-20(37)22(27,28)24(32,33)34/h1-9H,10-11H2,(H,35,37). The molecule has 1 N–H and O–H groups in total. The van der Waals surface area contributed by atoms with E-state index in [1.54, 1.807) is 17.4 Å². The molecule has 0 saturated carbocycles. The summed E-state index contributed by atoms with van der Waals surface area (Å²) in [4.78, 5) is 16.6. The third-order valence-corrected chi connectivity index (χ3v) is 6.84. The molecule has 3 aromatic carbocycles. The van der Waals surface area contributed by atoms with Crippen LogP contribution in [0.2, 0.25) is 0 Å². The number of nitrogens with zero attached hydrogens (tertiary/aromatic N) is 1. The molecule has 0 bridgehead atoms. The minimum Gasteiger partial charge on any atom is -0.374 e. The molecule has 1 atom stereocenters. The minimum absolute atomic E-state index is 0.0613. The minimum atomic E-state index is -6.07. The van der Waals surface area contributed by atoms with Gasteiger partial charge in [0, 0.05) is 33.0 Å². The van der Waals surface area contributed by atoms with Crippen molar-refractivity contribution in [3.63, 3.8) is 0 Å². The van der Waals surface area contributed by atoms with Crippen molar-refractivity contribution in [2.24, 2.45) is 5.16 Å². The third-order valence-electron chi connectivity index (χ3n) is 5.92. The van der Waals surface area contributed by atoms with Crippen LogP contribution in [0.4, 0.5) is 35.1 Å². The Balaban J connectivity index is 1.68. The number of carbonyl (C=O) groups is 1. The summed E-state index contributed by atoms with van der Waals surface area (Å²) < 4.78 is 108. The van der Waals surface area contributed by atoms with E-state index in [4.69, 9.17) is 4.84 Å². The summed E-state index contributed by atoms with van der Waals surface area (Å²) in [7, 11) is 0. The molecule has 0 aromatic heterocycles. The zero-order valence-corrected chi connectivity index (χ0v) is 21.8. The number of amides is 1. The Hall–Kier alpha value is -2.74. The number of nitrogens with one attached hydrogen (secondary N) is 1. The molecule has 1 aliphatic rings. The van der Waals surface area contributed by atoms with Gasteiger partial charge in [0.25, 0.3) is 5.60 Å². The van der Waals surface area contributed by atoms with Crippen molar-refractivity contribution in [1.82, 2.24) is 5.32 Å². The number of halogens is 10. The summed E-state index contributed by atoms with van der Waals surface area (Å²) >= 11 is 6.34. The summed E-state index contributed by atoms with van der Waals surface area (Å²) in [5.41, 5.74) is -2.68. The molecule has 14 heteroatoms. The molecule has 202 valence electrons. The van der Waals surface area contributed by atoms with Crippen molar-refractivity contribution in [3.8, 4) is 0 Å². The lowest BCUT2D eigenvalue weighted by atomic mass is 9.85. The lowest BCUT2D eigenvalue weighted by Gasteiger charge is -2.29. The molecule has 0 spiro atoms. The van der Waals surface area contributed by atoms with Crippen LogP contribution in [0.5, 0.6) is 0 Å². The summed E-state index contributed by atoms with van der Waals surface area (Å²) in [6.45, 7) is -0.688. The van der Waals surface area contributed by atoms with Gasteiger partial charge in [-0.2, -0.15) is 35.1 Å². The van der Waals surface area contributed by atoms with E-state index in [0.717, 1.165) is 0 Å². The molecule has 3 aromatic rings. The highest BCUT2D eigenvalue weighted by atomic mass is 79.9. The van der Waals surface area contributed by atoms with E-state index in [-0.39, 0.29) is 22.4 Å². The highest BCUT2D eigenvalue weighted by Gasteiger charge is 2.64. The van der Waals surface area contributed by atoms with Gasteiger partial charge in [-0.15, -0.1) is 0 Å². The second-order valence-electron chi connectivity index (χ2n) is 8.36. The van der Waals surface area contributed by atoms with Crippen molar-refractivity contribution >= 4 is 54.3 Å². The average Bonchev–Trinajstić information content (AvgIpc) is 3.28. The predicted octanol–water partition coefficient (Wildman–Crippen LogP) is 7.76. The van der Waals surface area contributed by atoms with Crippen LogP contribution in [0.15, 0.2) is 68.7 Å². The number of hydrogen-bond donors (Lipinski definition) is 1. The molecular weight excluding hydrogens is 660 g/mol. The fourth-order valence-electron chi connectivity index (χ4n) is 4.02. The zero-order chi connectivity index (χ0) is 28.1. The van der Waals surface area contributed by atoms with Gasteiger partial charge in [-0.1, -0.05) is 73.4 Å². The number of alkyl halides is 8. The van der Waals surface area contributed by atoms with Gasteiger partial charge in [0.05, 0.1) is 5.71 Å². The fraction of sp³-hybridized carbons (Fsp3) is 0.250. The van der Waals surface area contributed by atoms with Crippen LogP contribution < -0.4 is 5.32 Å². The maximum atomic E-state index is 14.4. The maximum Gasteiger partial charge on any atom is 0.463 e. The predicted molar refractivity (Wildman–Crippen MR) is 129 cm³/mol. The van der Waals surface area contributed by atoms with Gasteiger partial charge in [0.15, 0.2) is 0 Å². The third kappa shape index (κ3) is 4.99. The number of oxime groups is 1. The van der Waals surface area contributed by atoms with E-state index in [1.165, 1.54) is 42.5 Å². The molecule has 0 radical (unpaired) electrons. The van der Waals surface area contributed by atoms with Gasteiger partial charge < -0.3 is 10.2 Å². The highest BCUT2D eigenvalue weighted by Crippen LogP contribution is 2.50. The lowest BCUT2D eigenvalue weighted by molar-refractivity contribution is -0.275. The molecule has 1 aliphatic heterocycles. The van der Waals surface area contributed by atoms with E-state index in [2.05, 4.69) is 37.0 Å². The number of carbonyl (C=O) groups excluding carboxylic acids is 1. The van der Waals surface area contributed by atoms with E-state index in [9.17, 15) is 39.9 Å². The van der Waals surface area contributed by atoms with Crippen LogP contribution in [0.25, 0.3) is 10.8 Å². The van der Waals surface area contributed by atoms with Crippen LogP contribution in [-0.2, 0) is 21.8 Å². The van der Waals surface area contributed by atoms with Gasteiger partial charge >= 0.3 is 24.2 Å². The first kappa shape index (κ1) is 28.3. The molecule has 1 amide bonds. The topological polar surface area (TPSA) is 50.7 Å². The lowest BCUT2D eigenvalue weighted by Crippen LogP contribution is -2.50. The molecule has 38 heavy (non-hydrogen) atoms. The summed E-state index contributed by atoms with van der Waals surface area (Å²) in [6.07, 6.45) is -11.6. The zero-order valence-electron chi connectivity index (χ0n) is 18.7. The molecule has 4 rings (SSSR count). The number of benzene rings is 3. The van der Waals surface area contributed by atoms with E-state index >= 15 is 0 Å². The second-order valence-corrected chi connectivity index (χ2v) is 10.2.